The topological polar surface area (TPSA) is 50.4 Å². The summed E-state index contributed by atoms with van der Waals surface area (Å²) >= 11 is 5.07. The summed E-state index contributed by atoms with van der Waals surface area (Å²) in [5.41, 5.74) is 0. The van der Waals surface area contributed by atoms with Crippen molar-refractivity contribution in [3.8, 4) is 0 Å². The van der Waals surface area contributed by atoms with Gasteiger partial charge in [0.25, 0.3) is 0 Å². The maximum absolute atomic E-state index is 11.2. The lowest BCUT2D eigenvalue weighted by Gasteiger charge is -2.12. The highest BCUT2D eigenvalue weighted by Gasteiger charge is 2.33. The summed E-state index contributed by atoms with van der Waals surface area (Å²) < 4.78 is 5.01. The molecule has 0 amide bonds. The van der Waals surface area contributed by atoms with Gasteiger partial charge >= 0.3 is 5.97 Å². The second-order valence-electron chi connectivity index (χ2n) is 3.93. The summed E-state index contributed by atoms with van der Waals surface area (Å²) in [6.45, 7) is 1.89. The normalized spacial score (nSPS) is 31.1. The zero-order valence-electron chi connectivity index (χ0n) is 8.08. The number of ether oxygens (including phenoxy) is 1. The SMILES string of the molecule is C[C@@H]1C[C@H](NC(=S)NC2CC2)C(=O)O1. The van der Waals surface area contributed by atoms with Crippen molar-refractivity contribution in [1.82, 2.24) is 10.6 Å². The molecule has 4 nitrogen and oxygen atoms in total. The monoisotopic (exact) mass is 214 g/mol. The minimum absolute atomic E-state index is 0.00345. The fraction of sp³-hybridized carbons (Fsp3) is 0.778. The zero-order chi connectivity index (χ0) is 10.1. The molecule has 0 aromatic rings. The van der Waals surface area contributed by atoms with Gasteiger partial charge in [0, 0.05) is 12.5 Å². The van der Waals surface area contributed by atoms with Crippen LogP contribution in [0, 0.1) is 0 Å². The van der Waals surface area contributed by atoms with Crippen molar-refractivity contribution >= 4 is 23.3 Å². The van der Waals surface area contributed by atoms with E-state index in [1.54, 1.807) is 0 Å². The second-order valence-corrected chi connectivity index (χ2v) is 4.34. The van der Waals surface area contributed by atoms with E-state index in [1.807, 2.05) is 6.92 Å². The average Bonchev–Trinajstić information content (AvgIpc) is 2.81. The lowest BCUT2D eigenvalue weighted by atomic mass is 10.2. The molecule has 2 fully saturated rings. The van der Waals surface area contributed by atoms with E-state index in [0.29, 0.717) is 17.6 Å². The molecule has 0 bridgehead atoms. The van der Waals surface area contributed by atoms with Crippen molar-refractivity contribution in [2.24, 2.45) is 0 Å². The number of carbonyl (C=O) groups is 1. The predicted octanol–water partition coefficient (Wildman–Crippen LogP) is 0.317. The number of hydrogen-bond donors (Lipinski definition) is 2. The van der Waals surface area contributed by atoms with Crippen LogP contribution in [0.15, 0.2) is 0 Å². The molecule has 78 valence electrons. The first-order valence-corrected chi connectivity index (χ1v) is 5.33. The van der Waals surface area contributed by atoms with Crippen LogP contribution in [0.2, 0.25) is 0 Å². The van der Waals surface area contributed by atoms with Crippen LogP contribution in [-0.2, 0) is 9.53 Å². The lowest BCUT2D eigenvalue weighted by Crippen LogP contribution is -2.44. The first kappa shape index (κ1) is 9.71. The zero-order valence-corrected chi connectivity index (χ0v) is 8.89. The van der Waals surface area contributed by atoms with Crippen LogP contribution in [-0.4, -0.2) is 29.3 Å². The fourth-order valence-corrected chi connectivity index (χ4v) is 1.80. The fourth-order valence-electron chi connectivity index (χ4n) is 1.49. The molecule has 1 aliphatic carbocycles. The second kappa shape index (κ2) is 3.73. The lowest BCUT2D eigenvalue weighted by molar-refractivity contribution is -0.142. The van der Waals surface area contributed by atoms with Gasteiger partial charge in [-0.15, -0.1) is 0 Å². The van der Waals surface area contributed by atoms with Gasteiger partial charge in [0.1, 0.15) is 12.1 Å². The molecule has 1 saturated heterocycles. The van der Waals surface area contributed by atoms with E-state index >= 15 is 0 Å². The summed E-state index contributed by atoms with van der Waals surface area (Å²) in [7, 11) is 0. The quantitative estimate of drug-likeness (QED) is 0.512. The molecule has 2 rings (SSSR count). The van der Waals surface area contributed by atoms with Crippen molar-refractivity contribution in [1.29, 1.82) is 0 Å². The Morgan fingerprint density at radius 1 is 1.50 bits per heavy atom. The maximum Gasteiger partial charge on any atom is 0.329 e. The van der Waals surface area contributed by atoms with Crippen molar-refractivity contribution in [3.05, 3.63) is 0 Å². The Bertz CT molecular complexity index is 266. The molecule has 1 aliphatic heterocycles. The Labute approximate surface area is 88.4 Å². The summed E-state index contributed by atoms with van der Waals surface area (Å²) in [6.07, 6.45) is 3.05. The van der Waals surface area contributed by atoms with Gasteiger partial charge < -0.3 is 15.4 Å². The molecule has 5 heteroatoms. The van der Waals surface area contributed by atoms with Gasteiger partial charge in [0.2, 0.25) is 0 Å². The molecule has 0 spiro atoms. The van der Waals surface area contributed by atoms with Crippen LogP contribution >= 0.6 is 12.2 Å². The van der Waals surface area contributed by atoms with Gasteiger partial charge in [-0.25, -0.2) is 4.79 Å². The van der Waals surface area contributed by atoms with Crippen LogP contribution in [0.4, 0.5) is 0 Å². The number of nitrogens with one attached hydrogen (secondary N) is 2. The number of carbonyl (C=O) groups excluding carboxylic acids is 1. The van der Waals surface area contributed by atoms with Gasteiger partial charge in [-0.05, 0) is 32.0 Å². The highest BCUT2D eigenvalue weighted by Crippen LogP contribution is 2.19. The van der Waals surface area contributed by atoms with Crippen molar-refractivity contribution in [3.63, 3.8) is 0 Å². The molecule has 14 heavy (non-hydrogen) atoms. The predicted molar refractivity (Wildman–Crippen MR) is 55.9 cm³/mol. The van der Waals surface area contributed by atoms with E-state index < -0.39 is 0 Å². The third kappa shape index (κ3) is 2.35. The van der Waals surface area contributed by atoms with E-state index in [1.165, 1.54) is 12.8 Å². The van der Waals surface area contributed by atoms with Crippen LogP contribution in [0.25, 0.3) is 0 Å². The van der Waals surface area contributed by atoms with E-state index in [-0.39, 0.29) is 18.1 Å². The molecular weight excluding hydrogens is 200 g/mol. The van der Waals surface area contributed by atoms with E-state index in [2.05, 4.69) is 10.6 Å². The molecule has 1 heterocycles. The largest absolute Gasteiger partial charge is 0.461 e. The minimum atomic E-state index is -0.260. The number of cyclic esters (lactones) is 1. The molecule has 0 aromatic heterocycles. The van der Waals surface area contributed by atoms with Gasteiger partial charge in [0.05, 0.1) is 0 Å². The van der Waals surface area contributed by atoms with Crippen molar-refractivity contribution in [2.45, 2.75) is 44.4 Å². The summed E-state index contributed by atoms with van der Waals surface area (Å²) in [4.78, 5) is 11.2. The third-order valence-corrected chi connectivity index (χ3v) is 2.62. The molecule has 0 aromatic carbocycles. The van der Waals surface area contributed by atoms with Crippen molar-refractivity contribution in [2.75, 3.05) is 0 Å². The Balaban J connectivity index is 1.78. The summed E-state index contributed by atoms with van der Waals surface area (Å²) in [6, 6.07) is 0.258. The van der Waals surface area contributed by atoms with Gasteiger partial charge in [0.15, 0.2) is 5.11 Å². The molecule has 1 saturated carbocycles. The van der Waals surface area contributed by atoms with E-state index in [0.717, 1.165) is 0 Å². The van der Waals surface area contributed by atoms with Gasteiger partial charge in [-0.3, -0.25) is 0 Å². The molecule has 2 N–H and O–H groups in total. The minimum Gasteiger partial charge on any atom is -0.461 e. The number of esters is 1. The Morgan fingerprint density at radius 2 is 2.21 bits per heavy atom. The first-order chi connectivity index (χ1) is 6.65. The molecular formula is C9H14N2O2S. The van der Waals surface area contributed by atoms with E-state index in [9.17, 15) is 4.79 Å². The van der Waals surface area contributed by atoms with Crippen molar-refractivity contribution < 1.29 is 9.53 Å². The molecule has 2 aliphatic rings. The molecule has 0 unspecified atom stereocenters. The highest BCUT2D eigenvalue weighted by atomic mass is 32.1. The molecule has 0 radical (unpaired) electrons. The van der Waals surface area contributed by atoms with Crippen LogP contribution in [0.1, 0.15) is 26.2 Å². The number of rotatable bonds is 2. The first-order valence-electron chi connectivity index (χ1n) is 4.92. The molecule has 2 atom stereocenters. The third-order valence-electron chi connectivity index (χ3n) is 2.39. The van der Waals surface area contributed by atoms with Gasteiger partial charge in [-0.1, -0.05) is 0 Å². The Morgan fingerprint density at radius 3 is 2.71 bits per heavy atom. The number of thiocarbonyl (C=S) groups is 1. The standard InChI is InChI=1S/C9H14N2O2S/c1-5-4-7(8(12)13-5)11-9(14)10-6-2-3-6/h5-7H,2-4H2,1H3,(H2,10,11,14)/t5-,7+/m1/s1. The van der Waals surface area contributed by atoms with Gasteiger partial charge in [-0.2, -0.15) is 0 Å². The highest BCUT2D eigenvalue weighted by molar-refractivity contribution is 7.80. The van der Waals surface area contributed by atoms with Crippen LogP contribution in [0.5, 0.6) is 0 Å². The summed E-state index contributed by atoms with van der Waals surface area (Å²) in [5, 5.41) is 6.68. The van der Waals surface area contributed by atoms with Crippen LogP contribution in [0.3, 0.4) is 0 Å². The number of hydrogen-bond acceptors (Lipinski definition) is 3. The van der Waals surface area contributed by atoms with E-state index in [4.69, 9.17) is 17.0 Å². The Kier molecular flexibility index (Phi) is 2.58. The smallest absolute Gasteiger partial charge is 0.329 e. The Hall–Kier alpha value is -0.840. The maximum atomic E-state index is 11.2. The summed E-state index contributed by atoms with van der Waals surface area (Å²) in [5.74, 6) is -0.197. The van der Waals surface area contributed by atoms with Crippen LogP contribution < -0.4 is 10.6 Å². The average molecular weight is 214 g/mol.